The number of halogens is 1. The molecule has 0 radical (unpaired) electrons. The third kappa shape index (κ3) is 5.15. The quantitative estimate of drug-likeness (QED) is 0.625. The monoisotopic (exact) mass is 339 g/mol. The number of nitrogens with one attached hydrogen (secondary N) is 2. The molecule has 5 heteroatoms. The predicted molar refractivity (Wildman–Crippen MR) is 95.0 cm³/mol. The first kappa shape index (κ1) is 17.6. The SMILES string of the molecule is Cc1ccccc1CN/C=C(/C#N)C(=O)NCc1ccc(Cl)cc1. The zero-order valence-corrected chi connectivity index (χ0v) is 14.1. The summed E-state index contributed by atoms with van der Waals surface area (Å²) in [5.41, 5.74) is 3.23. The average Bonchev–Trinajstić information content (AvgIpc) is 2.59. The third-order valence-electron chi connectivity index (χ3n) is 3.53. The molecule has 1 amide bonds. The number of aryl methyl sites for hydroxylation is 1. The molecular formula is C19H18ClN3O. The van der Waals surface area contributed by atoms with Gasteiger partial charge in [0.2, 0.25) is 0 Å². The minimum absolute atomic E-state index is 0.0394. The first-order valence-electron chi connectivity index (χ1n) is 7.51. The molecule has 0 aromatic heterocycles. The van der Waals surface area contributed by atoms with E-state index in [1.54, 1.807) is 12.1 Å². The number of nitrogens with zero attached hydrogens (tertiary/aromatic N) is 1. The van der Waals surface area contributed by atoms with Crippen LogP contribution >= 0.6 is 11.6 Å². The molecule has 0 aliphatic heterocycles. The Labute approximate surface area is 146 Å². The number of carbonyl (C=O) groups excluding carboxylic acids is 1. The molecule has 0 spiro atoms. The predicted octanol–water partition coefficient (Wildman–Crippen LogP) is 3.46. The van der Waals surface area contributed by atoms with Gasteiger partial charge in [0, 0.05) is 24.3 Å². The first-order valence-corrected chi connectivity index (χ1v) is 7.88. The van der Waals surface area contributed by atoms with E-state index >= 15 is 0 Å². The standard InChI is InChI=1S/C19H18ClN3O/c1-14-4-2-3-5-16(14)12-22-13-17(10-21)19(24)23-11-15-6-8-18(20)9-7-15/h2-9,13,22H,11-12H2,1H3,(H,23,24)/b17-13-. The van der Waals surface area contributed by atoms with Gasteiger partial charge in [0.25, 0.3) is 5.91 Å². The number of carbonyl (C=O) groups is 1. The van der Waals surface area contributed by atoms with Gasteiger partial charge in [-0.3, -0.25) is 4.79 Å². The number of benzene rings is 2. The van der Waals surface area contributed by atoms with E-state index in [4.69, 9.17) is 16.9 Å². The minimum Gasteiger partial charge on any atom is -0.386 e. The molecule has 0 fully saturated rings. The zero-order chi connectivity index (χ0) is 17.4. The Hall–Kier alpha value is -2.77. The van der Waals surface area contributed by atoms with Gasteiger partial charge in [-0.1, -0.05) is 48.0 Å². The molecule has 24 heavy (non-hydrogen) atoms. The van der Waals surface area contributed by atoms with E-state index in [-0.39, 0.29) is 5.57 Å². The van der Waals surface area contributed by atoms with Crippen molar-refractivity contribution in [1.29, 1.82) is 5.26 Å². The van der Waals surface area contributed by atoms with Crippen molar-refractivity contribution in [2.24, 2.45) is 0 Å². The van der Waals surface area contributed by atoms with Gasteiger partial charge in [0.15, 0.2) is 0 Å². The summed E-state index contributed by atoms with van der Waals surface area (Å²) in [4.78, 5) is 12.1. The van der Waals surface area contributed by atoms with E-state index in [9.17, 15) is 4.79 Å². The van der Waals surface area contributed by atoms with Gasteiger partial charge in [0.05, 0.1) is 0 Å². The van der Waals surface area contributed by atoms with Gasteiger partial charge in [-0.25, -0.2) is 0 Å². The fourth-order valence-electron chi connectivity index (χ4n) is 2.10. The highest BCUT2D eigenvalue weighted by atomic mass is 35.5. The molecule has 0 heterocycles. The van der Waals surface area contributed by atoms with Crippen molar-refractivity contribution in [3.8, 4) is 6.07 Å². The summed E-state index contributed by atoms with van der Waals surface area (Å²) in [7, 11) is 0. The first-order chi connectivity index (χ1) is 11.6. The molecule has 2 aromatic carbocycles. The van der Waals surface area contributed by atoms with Crippen molar-refractivity contribution in [2.75, 3.05) is 0 Å². The summed E-state index contributed by atoms with van der Waals surface area (Å²) < 4.78 is 0. The molecule has 0 aliphatic rings. The van der Waals surface area contributed by atoms with Crippen LogP contribution in [0, 0.1) is 18.3 Å². The highest BCUT2D eigenvalue weighted by molar-refractivity contribution is 6.30. The normalized spacial score (nSPS) is 10.8. The van der Waals surface area contributed by atoms with E-state index < -0.39 is 5.91 Å². The molecule has 0 aliphatic carbocycles. The van der Waals surface area contributed by atoms with Gasteiger partial charge in [0.1, 0.15) is 11.6 Å². The lowest BCUT2D eigenvalue weighted by molar-refractivity contribution is -0.117. The Kier molecular flexibility index (Phi) is 6.41. The minimum atomic E-state index is -0.412. The molecule has 2 aromatic rings. The van der Waals surface area contributed by atoms with Crippen LogP contribution in [0.4, 0.5) is 0 Å². The molecular weight excluding hydrogens is 322 g/mol. The van der Waals surface area contributed by atoms with Crippen LogP contribution < -0.4 is 10.6 Å². The number of amides is 1. The number of nitriles is 1. The molecule has 0 unspecified atom stereocenters. The Morgan fingerprint density at radius 1 is 1.17 bits per heavy atom. The summed E-state index contributed by atoms with van der Waals surface area (Å²) in [6.07, 6.45) is 1.45. The fourth-order valence-corrected chi connectivity index (χ4v) is 2.23. The van der Waals surface area contributed by atoms with Crippen LogP contribution in [0.25, 0.3) is 0 Å². The zero-order valence-electron chi connectivity index (χ0n) is 13.3. The Morgan fingerprint density at radius 2 is 1.88 bits per heavy atom. The number of hydrogen-bond donors (Lipinski definition) is 2. The van der Waals surface area contributed by atoms with Gasteiger partial charge >= 0.3 is 0 Å². The van der Waals surface area contributed by atoms with Crippen LogP contribution in [0.5, 0.6) is 0 Å². The molecule has 2 rings (SSSR count). The van der Waals surface area contributed by atoms with Crippen molar-refractivity contribution in [3.63, 3.8) is 0 Å². The molecule has 0 saturated heterocycles. The summed E-state index contributed by atoms with van der Waals surface area (Å²) in [5.74, 6) is -0.412. The molecule has 2 N–H and O–H groups in total. The highest BCUT2D eigenvalue weighted by Gasteiger charge is 2.08. The van der Waals surface area contributed by atoms with E-state index in [1.807, 2.05) is 49.4 Å². The van der Waals surface area contributed by atoms with Gasteiger partial charge < -0.3 is 10.6 Å². The maximum atomic E-state index is 12.1. The molecule has 0 bridgehead atoms. The van der Waals surface area contributed by atoms with Gasteiger partial charge in [-0.05, 0) is 35.7 Å². The van der Waals surface area contributed by atoms with Crippen molar-refractivity contribution >= 4 is 17.5 Å². The lowest BCUT2D eigenvalue weighted by Crippen LogP contribution is -2.25. The van der Waals surface area contributed by atoms with Crippen LogP contribution in [0.3, 0.4) is 0 Å². The van der Waals surface area contributed by atoms with E-state index in [0.29, 0.717) is 18.1 Å². The third-order valence-corrected chi connectivity index (χ3v) is 3.78. The Balaban J connectivity index is 1.90. The van der Waals surface area contributed by atoms with E-state index in [1.165, 1.54) is 6.20 Å². The van der Waals surface area contributed by atoms with Gasteiger partial charge in [-0.15, -0.1) is 0 Å². The Bertz CT molecular complexity index is 776. The lowest BCUT2D eigenvalue weighted by atomic mass is 10.1. The molecule has 122 valence electrons. The highest BCUT2D eigenvalue weighted by Crippen LogP contribution is 2.09. The fraction of sp³-hybridized carbons (Fsp3) is 0.158. The van der Waals surface area contributed by atoms with Crippen molar-refractivity contribution in [2.45, 2.75) is 20.0 Å². The van der Waals surface area contributed by atoms with Crippen LogP contribution in [0.15, 0.2) is 60.3 Å². The maximum Gasteiger partial charge on any atom is 0.263 e. The van der Waals surface area contributed by atoms with Crippen LogP contribution in [0.2, 0.25) is 5.02 Å². The largest absolute Gasteiger partial charge is 0.386 e. The summed E-state index contributed by atoms with van der Waals surface area (Å²) in [6, 6.07) is 17.0. The second-order valence-electron chi connectivity index (χ2n) is 5.29. The second-order valence-corrected chi connectivity index (χ2v) is 5.72. The average molecular weight is 340 g/mol. The maximum absolute atomic E-state index is 12.1. The van der Waals surface area contributed by atoms with Crippen molar-refractivity contribution in [3.05, 3.63) is 82.0 Å². The van der Waals surface area contributed by atoms with Crippen LogP contribution in [0.1, 0.15) is 16.7 Å². The van der Waals surface area contributed by atoms with E-state index in [2.05, 4.69) is 10.6 Å². The topological polar surface area (TPSA) is 64.9 Å². The van der Waals surface area contributed by atoms with Crippen molar-refractivity contribution < 1.29 is 4.79 Å². The van der Waals surface area contributed by atoms with Gasteiger partial charge in [-0.2, -0.15) is 5.26 Å². The molecule has 0 saturated carbocycles. The number of hydrogen-bond acceptors (Lipinski definition) is 3. The number of rotatable bonds is 6. The summed E-state index contributed by atoms with van der Waals surface area (Å²) >= 11 is 5.82. The lowest BCUT2D eigenvalue weighted by Gasteiger charge is -2.07. The molecule has 4 nitrogen and oxygen atoms in total. The van der Waals surface area contributed by atoms with Crippen LogP contribution in [-0.4, -0.2) is 5.91 Å². The van der Waals surface area contributed by atoms with Crippen molar-refractivity contribution in [1.82, 2.24) is 10.6 Å². The summed E-state index contributed by atoms with van der Waals surface area (Å²) in [5, 5.41) is 15.5. The Morgan fingerprint density at radius 3 is 2.54 bits per heavy atom. The second kappa shape index (κ2) is 8.76. The molecule has 0 atom stereocenters. The van der Waals surface area contributed by atoms with E-state index in [0.717, 1.165) is 16.7 Å². The smallest absolute Gasteiger partial charge is 0.263 e. The summed E-state index contributed by atoms with van der Waals surface area (Å²) in [6.45, 7) is 2.92. The van der Waals surface area contributed by atoms with Crippen LogP contribution in [-0.2, 0) is 17.9 Å².